The zero-order valence-corrected chi connectivity index (χ0v) is 12.6. The fourth-order valence-electron chi connectivity index (χ4n) is 2.62. The van der Waals surface area contributed by atoms with Gasteiger partial charge >= 0.3 is 0 Å². The van der Waals surface area contributed by atoms with Crippen molar-refractivity contribution < 1.29 is 0 Å². The maximum atomic E-state index is 8.77. The molecule has 0 bridgehead atoms. The first-order valence-electron chi connectivity index (χ1n) is 7.39. The Balaban J connectivity index is 2.12. The number of nitrogens with two attached hydrogens (primary N) is 1. The molecular weight excluding hydrogens is 272 g/mol. The number of nitrogens with zero attached hydrogens (tertiary/aromatic N) is 3. The van der Waals surface area contributed by atoms with Gasteiger partial charge in [0.15, 0.2) is 0 Å². The van der Waals surface area contributed by atoms with Gasteiger partial charge in [0, 0.05) is 24.2 Å². The Kier molecular flexibility index (Phi) is 3.80. The van der Waals surface area contributed by atoms with Crippen molar-refractivity contribution >= 4 is 16.7 Å². The Morgan fingerprint density at radius 2 is 2.05 bits per heavy atom. The second kappa shape index (κ2) is 5.90. The number of nitriles is 1. The molecule has 0 aliphatic heterocycles. The molecule has 0 fully saturated rings. The van der Waals surface area contributed by atoms with Gasteiger partial charge in [0.1, 0.15) is 5.82 Å². The van der Waals surface area contributed by atoms with Crippen molar-refractivity contribution in [3.05, 3.63) is 48.0 Å². The van der Waals surface area contributed by atoms with E-state index >= 15 is 0 Å². The lowest BCUT2D eigenvalue weighted by molar-refractivity contribution is 0.675. The molecule has 3 rings (SSSR count). The topological polar surface area (TPSA) is 67.6 Å². The lowest BCUT2D eigenvalue weighted by Gasteiger charge is -2.09. The van der Waals surface area contributed by atoms with Gasteiger partial charge in [-0.15, -0.1) is 0 Å². The average Bonchev–Trinajstić information content (AvgIpc) is 2.89. The molecule has 1 aromatic heterocycles. The molecule has 0 unspecified atom stereocenters. The van der Waals surface area contributed by atoms with E-state index in [1.165, 1.54) is 0 Å². The Morgan fingerprint density at radius 1 is 1.23 bits per heavy atom. The van der Waals surface area contributed by atoms with Crippen LogP contribution in [0.2, 0.25) is 0 Å². The first kappa shape index (κ1) is 14.2. The Labute approximate surface area is 129 Å². The van der Waals surface area contributed by atoms with Crippen molar-refractivity contribution in [1.82, 2.24) is 9.55 Å². The summed E-state index contributed by atoms with van der Waals surface area (Å²) in [6.07, 6.45) is 1.35. The minimum atomic E-state index is 0.544. The minimum Gasteiger partial charge on any atom is -0.398 e. The fourth-order valence-corrected chi connectivity index (χ4v) is 2.62. The van der Waals surface area contributed by atoms with E-state index in [1.807, 2.05) is 43.3 Å². The van der Waals surface area contributed by atoms with Crippen molar-refractivity contribution in [3.8, 4) is 17.5 Å². The Bertz CT molecular complexity index is 855. The summed E-state index contributed by atoms with van der Waals surface area (Å²) in [7, 11) is 0. The second-order valence-electron chi connectivity index (χ2n) is 5.41. The summed E-state index contributed by atoms with van der Waals surface area (Å²) in [5.74, 6) is 0.908. The first-order valence-corrected chi connectivity index (χ1v) is 7.39. The number of fused-ring (bicyclic) bond motifs is 1. The van der Waals surface area contributed by atoms with Crippen molar-refractivity contribution in [2.75, 3.05) is 5.73 Å². The molecule has 4 heteroatoms. The normalized spacial score (nSPS) is 10.7. The number of para-hydroxylation sites is 2. The molecule has 2 N–H and O–H groups in total. The number of hydrogen-bond donors (Lipinski definition) is 1. The van der Waals surface area contributed by atoms with Gasteiger partial charge in [-0.05, 0) is 37.1 Å². The molecule has 0 saturated heterocycles. The summed E-state index contributed by atoms with van der Waals surface area (Å²) >= 11 is 0. The number of unbranched alkanes of at least 4 members (excludes halogenated alkanes) is 1. The third kappa shape index (κ3) is 2.53. The Morgan fingerprint density at radius 3 is 2.82 bits per heavy atom. The summed E-state index contributed by atoms with van der Waals surface area (Å²) in [4.78, 5) is 4.76. The highest BCUT2D eigenvalue weighted by molar-refractivity contribution is 5.81. The van der Waals surface area contributed by atoms with E-state index in [9.17, 15) is 0 Å². The van der Waals surface area contributed by atoms with Gasteiger partial charge < -0.3 is 10.3 Å². The molecule has 0 aliphatic carbocycles. The zero-order chi connectivity index (χ0) is 15.5. The quantitative estimate of drug-likeness (QED) is 0.585. The largest absolute Gasteiger partial charge is 0.398 e. The molecule has 4 nitrogen and oxygen atoms in total. The fraction of sp³-hybridized carbons (Fsp3) is 0.222. The van der Waals surface area contributed by atoms with Crippen LogP contribution in [0.3, 0.4) is 0 Å². The highest BCUT2D eigenvalue weighted by atomic mass is 15.1. The van der Waals surface area contributed by atoms with Crippen LogP contribution >= 0.6 is 0 Å². The van der Waals surface area contributed by atoms with E-state index in [0.717, 1.165) is 46.6 Å². The smallest absolute Gasteiger partial charge is 0.141 e. The molecule has 0 saturated carbocycles. The number of nitrogen functional groups attached to an aromatic ring is 1. The molecule has 110 valence electrons. The number of hydrogen-bond acceptors (Lipinski definition) is 3. The van der Waals surface area contributed by atoms with Crippen LogP contribution in [0.1, 0.15) is 18.4 Å². The van der Waals surface area contributed by atoms with Crippen molar-refractivity contribution in [3.63, 3.8) is 0 Å². The van der Waals surface area contributed by atoms with Crippen LogP contribution in [-0.4, -0.2) is 9.55 Å². The van der Waals surface area contributed by atoms with Gasteiger partial charge in [-0.3, -0.25) is 0 Å². The monoisotopic (exact) mass is 290 g/mol. The molecule has 0 radical (unpaired) electrons. The van der Waals surface area contributed by atoms with Crippen LogP contribution in [0.5, 0.6) is 0 Å². The molecule has 0 amide bonds. The molecular formula is C18H18N4. The number of rotatable bonds is 4. The van der Waals surface area contributed by atoms with Gasteiger partial charge in [-0.2, -0.15) is 5.26 Å². The second-order valence-corrected chi connectivity index (χ2v) is 5.41. The number of imidazole rings is 1. The molecule has 0 aliphatic rings. The summed E-state index contributed by atoms with van der Waals surface area (Å²) < 4.78 is 2.18. The predicted octanol–water partition coefficient (Wildman–Crippen LogP) is 3.90. The van der Waals surface area contributed by atoms with E-state index in [-0.39, 0.29) is 0 Å². The van der Waals surface area contributed by atoms with Crippen LogP contribution in [0.15, 0.2) is 42.5 Å². The summed E-state index contributed by atoms with van der Waals surface area (Å²) in [5.41, 5.74) is 10.9. The van der Waals surface area contributed by atoms with Gasteiger partial charge in [-0.1, -0.05) is 24.3 Å². The van der Waals surface area contributed by atoms with Gasteiger partial charge in [0.05, 0.1) is 17.1 Å². The van der Waals surface area contributed by atoms with Crippen molar-refractivity contribution in [2.45, 2.75) is 26.3 Å². The van der Waals surface area contributed by atoms with Gasteiger partial charge in [-0.25, -0.2) is 4.98 Å². The summed E-state index contributed by atoms with van der Waals surface area (Å²) in [5, 5.41) is 8.77. The van der Waals surface area contributed by atoms with Crippen LogP contribution in [0.25, 0.3) is 22.4 Å². The molecule has 2 aromatic carbocycles. The number of aryl methyl sites for hydroxylation is 2. The van der Waals surface area contributed by atoms with Crippen LogP contribution in [0.4, 0.5) is 5.69 Å². The highest BCUT2D eigenvalue weighted by Gasteiger charge is 2.12. The van der Waals surface area contributed by atoms with E-state index in [2.05, 4.69) is 16.7 Å². The summed E-state index contributed by atoms with van der Waals surface area (Å²) in [6.45, 7) is 2.77. The first-order chi connectivity index (χ1) is 10.7. The lowest BCUT2D eigenvalue weighted by Crippen LogP contribution is -2.01. The number of benzene rings is 2. The average molecular weight is 290 g/mol. The zero-order valence-electron chi connectivity index (χ0n) is 12.6. The van der Waals surface area contributed by atoms with Crippen molar-refractivity contribution in [1.29, 1.82) is 5.26 Å². The number of aromatic nitrogens is 2. The molecule has 3 aromatic rings. The predicted molar refractivity (Wildman–Crippen MR) is 89.2 cm³/mol. The van der Waals surface area contributed by atoms with Crippen LogP contribution in [-0.2, 0) is 6.54 Å². The maximum Gasteiger partial charge on any atom is 0.141 e. The lowest BCUT2D eigenvalue weighted by atomic mass is 10.1. The number of anilines is 1. The van der Waals surface area contributed by atoms with E-state index in [4.69, 9.17) is 16.0 Å². The SMILES string of the molecule is Cc1ccc(-c2nc3ccccc3n2CCCC#N)cc1N. The summed E-state index contributed by atoms with van der Waals surface area (Å²) in [6, 6.07) is 16.3. The molecule has 0 atom stereocenters. The minimum absolute atomic E-state index is 0.544. The van der Waals surface area contributed by atoms with E-state index in [0.29, 0.717) is 6.42 Å². The van der Waals surface area contributed by atoms with Crippen LogP contribution in [0, 0.1) is 18.3 Å². The Hall–Kier alpha value is -2.80. The van der Waals surface area contributed by atoms with E-state index < -0.39 is 0 Å². The molecule has 0 spiro atoms. The van der Waals surface area contributed by atoms with Crippen LogP contribution < -0.4 is 5.73 Å². The standard InChI is InChI=1S/C18H18N4/c1-13-8-9-14(12-15(13)20)18-21-16-6-2-3-7-17(16)22(18)11-5-4-10-19/h2-3,6-9,12H,4-5,11,20H2,1H3. The maximum absolute atomic E-state index is 8.77. The highest BCUT2D eigenvalue weighted by Crippen LogP contribution is 2.27. The third-order valence-electron chi connectivity index (χ3n) is 3.86. The van der Waals surface area contributed by atoms with Gasteiger partial charge in [0.25, 0.3) is 0 Å². The third-order valence-corrected chi connectivity index (χ3v) is 3.86. The van der Waals surface area contributed by atoms with E-state index in [1.54, 1.807) is 0 Å². The molecule has 22 heavy (non-hydrogen) atoms. The van der Waals surface area contributed by atoms with Gasteiger partial charge in [0.2, 0.25) is 0 Å². The van der Waals surface area contributed by atoms with Crippen molar-refractivity contribution in [2.24, 2.45) is 0 Å². The molecule has 1 heterocycles.